The number of oxime groups is 3. The van der Waals surface area contributed by atoms with E-state index in [4.69, 9.17) is 28.7 Å². The zero-order chi connectivity index (χ0) is 61.7. The molecule has 462 valence electrons. The summed E-state index contributed by atoms with van der Waals surface area (Å²) in [6, 6.07) is 1.05. The van der Waals surface area contributed by atoms with Gasteiger partial charge >= 0.3 is 0 Å². The van der Waals surface area contributed by atoms with Gasteiger partial charge in [-0.2, -0.15) is 0 Å². The molecule has 0 saturated carbocycles. The van der Waals surface area contributed by atoms with Gasteiger partial charge < -0.3 is 28.7 Å². The molecule has 0 N–H and O–H groups in total. The Hall–Kier alpha value is -3.14. The molecule has 14 nitrogen and oxygen atoms in total. The van der Waals surface area contributed by atoms with Crippen LogP contribution in [0.2, 0.25) is 0 Å². The lowest BCUT2D eigenvalue weighted by atomic mass is 10.0. The molecule has 0 fully saturated rings. The highest BCUT2D eigenvalue weighted by atomic mass is 32.2. The third-order valence-electron chi connectivity index (χ3n) is 9.36. The summed E-state index contributed by atoms with van der Waals surface area (Å²) in [5, 5.41) is 14.7. The molecule has 0 aromatic heterocycles. The Labute approximate surface area is 488 Å². The number of aliphatic imine (C=N–C) groups is 5. The summed E-state index contributed by atoms with van der Waals surface area (Å²) in [7, 11) is 0. The molecule has 0 radical (unpaired) electrons. The van der Waals surface area contributed by atoms with Crippen molar-refractivity contribution in [1.29, 1.82) is 0 Å². The molecule has 8 aliphatic heterocycles. The molecule has 8 atom stereocenters. The van der Waals surface area contributed by atoms with Gasteiger partial charge in [0.25, 0.3) is 0 Å². The van der Waals surface area contributed by atoms with E-state index in [1.165, 1.54) is 15.8 Å². The fourth-order valence-electron chi connectivity index (χ4n) is 5.55. The minimum Gasteiger partial charge on any atom is -0.481 e. The van der Waals surface area contributed by atoms with Crippen LogP contribution in [0.3, 0.4) is 0 Å². The van der Waals surface area contributed by atoms with Crippen molar-refractivity contribution < 1.29 is 28.7 Å². The highest BCUT2D eigenvalue weighted by Gasteiger charge is 2.13. The van der Waals surface area contributed by atoms with E-state index in [2.05, 4.69) is 95.8 Å². The summed E-state index contributed by atoms with van der Waals surface area (Å²) < 4.78 is 15.3. The maximum absolute atomic E-state index is 5.14. The molecule has 0 aliphatic carbocycles. The minimum absolute atomic E-state index is 0.319. The predicted octanol–water partition coefficient (Wildman–Crippen LogP) is 18.8. The van der Waals surface area contributed by atoms with Crippen molar-refractivity contribution >= 4 is 68.4 Å². The molecule has 16 heteroatoms. The van der Waals surface area contributed by atoms with Crippen LogP contribution in [-0.2, 0) is 28.7 Å². The average molecular weight is 1140 g/mol. The highest BCUT2D eigenvalue weighted by molar-refractivity contribution is 8.14. The number of thioether (sulfide) groups is 2. The van der Waals surface area contributed by atoms with E-state index >= 15 is 0 Å². The predicted molar refractivity (Wildman–Crippen MR) is 354 cm³/mol. The molecule has 0 aromatic carbocycles. The van der Waals surface area contributed by atoms with Gasteiger partial charge in [-0.1, -0.05) is 154 Å². The van der Waals surface area contributed by atoms with E-state index in [-0.39, 0.29) is 0 Å². The quantitative estimate of drug-likeness (QED) is 0.232. The van der Waals surface area contributed by atoms with Gasteiger partial charge in [0.15, 0.2) is 17.7 Å². The maximum Gasteiger partial charge on any atom is 0.180 e. The molecule has 0 aromatic rings. The van der Waals surface area contributed by atoms with Crippen LogP contribution in [0.1, 0.15) is 254 Å². The van der Waals surface area contributed by atoms with Crippen molar-refractivity contribution in [3.05, 3.63) is 0 Å². The Morgan fingerprint density at radius 2 is 1.03 bits per heavy atom. The van der Waals surface area contributed by atoms with Crippen molar-refractivity contribution in [2.24, 2.45) is 58.2 Å². The van der Waals surface area contributed by atoms with Crippen LogP contribution in [0.4, 0.5) is 0 Å². The molecule has 8 rings (SSSR count). The fraction of sp³-hybridized carbons (Fsp3) is 0.869. The minimum atomic E-state index is 0.319. The molecular formula is C61H130N8O6S2. The van der Waals surface area contributed by atoms with E-state index in [1.54, 1.807) is 0 Å². The molecule has 8 aliphatic rings. The zero-order valence-electron chi connectivity index (χ0n) is 56.7. The van der Waals surface area contributed by atoms with Crippen LogP contribution in [-0.4, -0.2) is 126 Å². The van der Waals surface area contributed by atoms with E-state index in [9.17, 15) is 0 Å². The van der Waals surface area contributed by atoms with Crippen LogP contribution < -0.4 is 0 Å². The molecule has 0 spiro atoms. The summed E-state index contributed by atoms with van der Waals surface area (Å²) in [5.74, 6) is 5.58. The standard InChI is InChI=1S/5C6H11NO.C5H9NO.2C5H9NS.8C2H6/c1-5-3-7-6(2)8-4-5;1-5-3-6(2)7-8-4-5;1-5-3-4-8-6(2)7-5;1-5-3-4-8-7-6(5)2;1-5-3-4-6(2)8-7-5;1-4-3-6-5(2)7-4;1-4-3-7-5(2)6-4;1-4-3-6-5(2)7-4;8*1-2/h4*5H,3-4H2,1-2H3;6H,3-4H2,1-2H3;3*4H,3H2,1-2H3;8*1-2H3. The molecule has 0 saturated heterocycles. The van der Waals surface area contributed by atoms with Gasteiger partial charge in [-0.05, 0) is 93.9 Å². The van der Waals surface area contributed by atoms with Gasteiger partial charge in [-0.25, -0.2) is 0 Å². The first-order valence-corrected chi connectivity index (χ1v) is 32.0. The molecule has 77 heavy (non-hydrogen) atoms. The van der Waals surface area contributed by atoms with E-state index < -0.39 is 0 Å². The molecule has 0 amide bonds. The van der Waals surface area contributed by atoms with Crippen LogP contribution in [0.15, 0.2) is 40.4 Å². The van der Waals surface area contributed by atoms with Crippen molar-refractivity contribution in [2.75, 3.05) is 51.8 Å². The molecular weight excluding hydrogens is 1000 g/mol. The first kappa shape index (κ1) is 90.4. The number of nitrogens with zero attached hydrogens (tertiary/aromatic N) is 8. The second-order valence-electron chi connectivity index (χ2n) is 16.8. The SMILES string of the molecule is CC.CC.CC.CC.CC.CC.CC.CC.CC1=NC(C)CCO1.CC1=NC(C)CS1.CC1=NCC(C)CO1.CC1=NCC(C)O1.CC1=NCC(C)S1.CC1=NOC(C)CC1.CC1=NOCC(C)C1.CC1=NOCCC1C. The van der Waals surface area contributed by atoms with Gasteiger partial charge in [0.2, 0.25) is 0 Å². The van der Waals surface area contributed by atoms with Gasteiger partial charge in [-0.15, -0.1) is 23.5 Å². The Morgan fingerprint density at radius 3 is 1.26 bits per heavy atom. The van der Waals surface area contributed by atoms with Gasteiger partial charge in [-0.3, -0.25) is 25.0 Å². The fourth-order valence-corrected chi connectivity index (χ4v) is 7.24. The van der Waals surface area contributed by atoms with Gasteiger partial charge in [0.05, 0.1) is 65.6 Å². The first-order chi connectivity index (χ1) is 36.8. The maximum atomic E-state index is 5.14. The topological polar surface area (TPSA) is 154 Å². The van der Waals surface area contributed by atoms with Crippen molar-refractivity contribution in [3.8, 4) is 0 Å². The average Bonchev–Trinajstić information content (AvgIpc) is 4.17. The van der Waals surface area contributed by atoms with Crippen molar-refractivity contribution in [3.63, 3.8) is 0 Å². The van der Waals surface area contributed by atoms with Gasteiger partial charge in [0, 0.05) is 56.6 Å². The Morgan fingerprint density at radius 1 is 0.455 bits per heavy atom. The van der Waals surface area contributed by atoms with Crippen LogP contribution in [0.5, 0.6) is 0 Å². The largest absolute Gasteiger partial charge is 0.481 e. The number of hydrogen-bond acceptors (Lipinski definition) is 16. The Bertz CT molecular complexity index is 1450. The Balaban J connectivity index is -0.000000113. The highest BCUT2D eigenvalue weighted by Crippen LogP contribution is 2.19. The van der Waals surface area contributed by atoms with E-state index in [0.29, 0.717) is 42.0 Å². The molecule has 8 heterocycles. The molecule has 0 bridgehead atoms. The van der Waals surface area contributed by atoms with Crippen LogP contribution in [0.25, 0.3) is 0 Å². The third-order valence-corrected chi connectivity index (χ3v) is 11.6. The zero-order valence-corrected chi connectivity index (χ0v) is 58.3. The lowest BCUT2D eigenvalue weighted by Gasteiger charge is -2.15. The summed E-state index contributed by atoms with van der Waals surface area (Å²) >= 11 is 3.73. The smallest absolute Gasteiger partial charge is 0.180 e. The number of rotatable bonds is 0. The van der Waals surface area contributed by atoms with Gasteiger partial charge in [0.1, 0.15) is 25.4 Å². The lowest BCUT2D eigenvalue weighted by molar-refractivity contribution is 0.0568. The Kier molecular flexibility index (Phi) is 81.0. The summed E-state index contributed by atoms with van der Waals surface area (Å²) in [5.41, 5.74) is 3.35. The van der Waals surface area contributed by atoms with Crippen molar-refractivity contribution in [2.45, 2.75) is 283 Å². The third kappa shape index (κ3) is 65.3. The summed E-state index contributed by atoms with van der Waals surface area (Å²) in [4.78, 5) is 35.5. The lowest BCUT2D eigenvalue weighted by Crippen LogP contribution is -2.18. The second-order valence-corrected chi connectivity index (χ2v) is 19.6. The van der Waals surface area contributed by atoms with E-state index in [0.717, 1.165) is 118 Å². The summed E-state index contributed by atoms with van der Waals surface area (Å²) in [6.07, 6.45) is 6.15. The first-order valence-electron chi connectivity index (χ1n) is 30.2. The number of hydrogen-bond donors (Lipinski definition) is 0. The second kappa shape index (κ2) is 69.0. The van der Waals surface area contributed by atoms with Crippen molar-refractivity contribution in [1.82, 2.24) is 0 Å². The van der Waals surface area contributed by atoms with Crippen LogP contribution >= 0.6 is 23.5 Å². The number of ether oxygens (including phenoxy) is 3. The summed E-state index contributed by atoms with van der Waals surface area (Å²) in [6.45, 7) is 70.8. The van der Waals surface area contributed by atoms with E-state index in [1.807, 2.05) is 190 Å². The normalized spacial score (nSPS) is 23.8. The molecule has 8 unspecified atom stereocenters. The van der Waals surface area contributed by atoms with Crippen LogP contribution in [0, 0.1) is 17.8 Å². The monoisotopic (exact) mass is 1130 g/mol.